The quantitative estimate of drug-likeness (QED) is 0.719. The van der Waals surface area contributed by atoms with Crippen LogP contribution in [0, 0.1) is 0 Å². The normalized spacial score (nSPS) is 23.1. The number of hydrogen-bond acceptors (Lipinski definition) is 3. The summed E-state index contributed by atoms with van der Waals surface area (Å²) in [5.74, 6) is -0.112. The summed E-state index contributed by atoms with van der Waals surface area (Å²) in [5, 5.41) is 2.73. The molecule has 0 spiro atoms. The van der Waals surface area contributed by atoms with E-state index >= 15 is 0 Å². The van der Waals surface area contributed by atoms with E-state index in [4.69, 9.17) is 4.74 Å². The van der Waals surface area contributed by atoms with Crippen molar-refractivity contribution in [3.63, 3.8) is 0 Å². The van der Waals surface area contributed by atoms with E-state index in [1.165, 1.54) is 0 Å². The molecule has 0 aromatic carbocycles. The summed E-state index contributed by atoms with van der Waals surface area (Å²) >= 11 is 0. The first-order chi connectivity index (χ1) is 8.40. The van der Waals surface area contributed by atoms with Crippen molar-refractivity contribution in [2.75, 3.05) is 19.8 Å². The molecule has 1 aliphatic rings. The van der Waals surface area contributed by atoms with E-state index in [2.05, 4.69) is 12.2 Å². The van der Waals surface area contributed by atoms with Crippen molar-refractivity contribution in [3.05, 3.63) is 0 Å². The first kappa shape index (κ1) is 15.0. The molecule has 0 aliphatic carbocycles. The van der Waals surface area contributed by atoms with Gasteiger partial charge in [-0.25, -0.2) is 0 Å². The van der Waals surface area contributed by atoms with Gasteiger partial charge in [0, 0.05) is 19.8 Å². The lowest BCUT2D eigenvalue weighted by Crippen LogP contribution is -2.67. The van der Waals surface area contributed by atoms with E-state index in [1.54, 1.807) is 25.7 Å². The Kier molecular flexibility index (Phi) is 5.14. The second-order valence-electron chi connectivity index (χ2n) is 5.25. The van der Waals surface area contributed by atoms with Crippen molar-refractivity contribution in [1.29, 1.82) is 0 Å². The minimum atomic E-state index is -0.798. The minimum absolute atomic E-state index is 0.0231. The Balaban J connectivity index is 2.50. The zero-order valence-electron chi connectivity index (χ0n) is 11.8. The molecule has 5 heteroatoms. The molecule has 0 bridgehead atoms. The van der Waals surface area contributed by atoms with E-state index in [0.717, 1.165) is 19.4 Å². The number of rotatable bonds is 6. The number of carbonyl (C=O) groups is 2. The molecule has 1 saturated heterocycles. The van der Waals surface area contributed by atoms with E-state index in [1.807, 2.05) is 0 Å². The Bertz CT molecular complexity index is 315. The van der Waals surface area contributed by atoms with E-state index < -0.39 is 11.6 Å². The zero-order valence-corrected chi connectivity index (χ0v) is 11.8. The average molecular weight is 256 g/mol. The van der Waals surface area contributed by atoms with Gasteiger partial charge in [-0.2, -0.15) is 0 Å². The second kappa shape index (κ2) is 6.18. The van der Waals surface area contributed by atoms with Gasteiger partial charge in [0.1, 0.15) is 11.6 Å². The van der Waals surface area contributed by atoms with Crippen molar-refractivity contribution in [2.45, 2.75) is 52.1 Å². The molecule has 2 amide bonds. The van der Waals surface area contributed by atoms with Crippen LogP contribution in [0.4, 0.5) is 0 Å². The van der Waals surface area contributed by atoms with Crippen LogP contribution in [0.15, 0.2) is 0 Å². The summed E-state index contributed by atoms with van der Waals surface area (Å²) < 4.78 is 5.38. The molecular formula is C13H24N2O3. The molecule has 0 saturated carbocycles. The summed E-state index contributed by atoms with van der Waals surface area (Å²) in [5.41, 5.74) is -0.798. The van der Waals surface area contributed by atoms with Crippen molar-refractivity contribution >= 4 is 11.8 Å². The molecule has 0 aromatic heterocycles. The minimum Gasteiger partial charge on any atom is -0.381 e. The van der Waals surface area contributed by atoms with Gasteiger partial charge in [0.05, 0.1) is 0 Å². The number of ether oxygens (including phenoxy) is 1. The first-order valence-corrected chi connectivity index (χ1v) is 6.61. The van der Waals surface area contributed by atoms with Gasteiger partial charge in [0.15, 0.2) is 0 Å². The van der Waals surface area contributed by atoms with Crippen LogP contribution in [0.3, 0.4) is 0 Å². The molecule has 1 N–H and O–H groups in total. The van der Waals surface area contributed by atoms with E-state index in [-0.39, 0.29) is 11.8 Å². The predicted octanol–water partition coefficient (Wildman–Crippen LogP) is 0.929. The molecule has 1 heterocycles. The molecule has 0 radical (unpaired) electrons. The van der Waals surface area contributed by atoms with Gasteiger partial charge >= 0.3 is 0 Å². The van der Waals surface area contributed by atoms with Crippen LogP contribution in [0.25, 0.3) is 0 Å². The van der Waals surface area contributed by atoms with Crippen molar-refractivity contribution in [2.24, 2.45) is 0 Å². The van der Waals surface area contributed by atoms with Crippen molar-refractivity contribution < 1.29 is 14.3 Å². The topological polar surface area (TPSA) is 58.6 Å². The monoisotopic (exact) mass is 256 g/mol. The van der Waals surface area contributed by atoms with Gasteiger partial charge in [-0.1, -0.05) is 6.92 Å². The lowest BCUT2D eigenvalue weighted by atomic mass is 9.97. The maximum absolute atomic E-state index is 12.2. The third-order valence-corrected chi connectivity index (χ3v) is 3.11. The van der Waals surface area contributed by atoms with Gasteiger partial charge in [0.2, 0.25) is 11.8 Å². The number of amides is 2. The Morgan fingerprint density at radius 1 is 1.33 bits per heavy atom. The molecule has 1 fully saturated rings. The third-order valence-electron chi connectivity index (χ3n) is 3.11. The van der Waals surface area contributed by atoms with Crippen LogP contribution in [0.5, 0.6) is 0 Å². The molecule has 0 aromatic rings. The lowest BCUT2D eigenvalue weighted by Gasteiger charge is -2.41. The zero-order chi connectivity index (χ0) is 13.8. The fraction of sp³-hybridized carbons (Fsp3) is 0.846. The highest BCUT2D eigenvalue weighted by molar-refractivity contribution is 5.99. The van der Waals surface area contributed by atoms with E-state index in [0.29, 0.717) is 13.2 Å². The number of nitrogens with zero attached hydrogens (tertiary/aromatic N) is 1. The van der Waals surface area contributed by atoms with Gasteiger partial charge in [-0.3, -0.25) is 9.59 Å². The Morgan fingerprint density at radius 2 is 2.00 bits per heavy atom. The van der Waals surface area contributed by atoms with Crippen LogP contribution in [-0.4, -0.2) is 48.1 Å². The Morgan fingerprint density at radius 3 is 2.61 bits per heavy atom. The first-order valence-electron chi connectivity index (χ1n) is 6.61. The molecule has 104 valence electrons. The van der Waals surface area contributed by atoms with Crippen LogP contribution in [0.2, 0.25) is 0 Å². The summed E-state index contributed by atoms with van der Waals surface area (Å²) in [6.07, 6.45) is 1.76. The molecule has 5 nitrogen and oxygen atoms in total. The number of carbonyl (C=O) groups excluding carboxylic acids is 2. The highest BCUT2D eigenvalue weighted by atomic mass is 16.5. The van der Waals surface area contributed by atoms with Gasteiger partial charge in [-0.05, 0) is 33.6 Å². The molecule has 1 rings (SSSR count). The van der Waals surface area contributed by atoms with Gasteiger partial charge in [0.25, 0.3) is 0 Å². The Labute approximate surface area is 109 Å². The fourth-order valence-corrected chi connectivity index (χ4v) is 2.02. The predicted molar refractivity (Wildman–Crippen MR) is 69.1 cm³/mol. The SMILES string of the molecule is CCCOCCCN1C(=O)C(C)(C)NC(=O)C1C. The maximum atomic E-state index is 12.2. The van der Waals surface area contributed by atoms with Gasteiger partial charge < -0.3 is 15.0 Å². The van der Waals surface area contributed by atoms with Crippen molar-refractivity contribution in [1.82, 2.24) is 10.2 Å². The molecular weight excluding hydrogens is 232 g/mol. The van der Waals surface area contributed by atoms with Crippen LogP contribution < -0.4 is 5.32 Å². The molecule has 1 atom stereocenters. The lowest BCUT2D eigenvalue weighted by molar-refractivity contribution is -0.152. The van der Waals surface area contributed by atoms with Crippen LogP contribution in [0.1, 0.15) is 40.5 Å². The number of nitrogens with one attached hydrogen (secondary N) is 1. The fourth-order valence-electron chi connectivity index (χ4n) is 2.02. The van der Waals surface area contributed by atoms with Gasteiger partial charge in [-0.15, -0.1) is 0 Å². The summed E-state index contributed by atoms with van der Waals surface area (Å²) in [4.78, 5) is 25.6. The largest absolute Gasteiger partial charge is 0.381 e. The Hall–Kier alpha value is -1.10. The average Bonchev–Trinajstić information content (AvgIpc) is 2.30. The standard InChI is InChI=1S/C13H24N2O3/c1-5-8-18-9-6-7-15-10(2)11(16)14-13(3,4)12(15)17/h10H,5-9H2,1-4H3,(H,14,16). The molecule has 18 heavy (non-hydrogen) atoms. The number of hydrogen-bond donors (Lipinski definition) is 1. The molecule has 1 unspecified atom stereocenters. The van der Waals surface area contributed by atoms with Crippen molar-refractivity contribution in [3.8, 4) is 0 Å². The smallest absolute Gasteiger partial charge is 0.248 e. The summed E-state index contributed by atoms with van der Waals surface area (Å²) in [7, 11) is 0. The highest BCUT2D eigenvalue weighted by Gasteiger charge is 2.42. The van der Waals surface area contributed by atoms with Crippen LogP contribution >= 0.6 is 0 Å². The second-order valence-corrected chi connectivity index (χ2v) is 5.25. The third kappa shape index (κ3) is 3.45. The summed E-state index contributed by atoms with van der Waals surface area (Å²) in [6, 6.07) is -0.392. The maximum Gasteiger partial charge on any atom is 0.248 e. The van der Waals surface area contributed by atoms with Crippen LogP contribution in [-0.2, 0) is 14.3 Å². The summed E-state index contributed by atoms with van der Waals surface area (Å²) in [6.45, 7) is 9.24. The van der Waals surface area contributed by atoms with E-state index in [9.17, 15) is 9.59 Å². The molecule has 1 aliphatic heterocycles. The number of piperazine rings is 1. The highest BCUT2D eigenvalue weighted by Crippen LogP contribution is 2.17.